The molecule has 0 saturated carbocycles. The molecule has 164 valence electrons. The Bertz CT molecular complexity index is 881. The lowest BCUT2D eigenvalue weighted by Crippen LogP contribution is -2.42. The summed E-state index contributed by atoms with van der Waals surface area (Å²) in [5.41, 5.74) is 3.74. The van der Waals surface area contributed by atoms with Gasteiger partial charge in [-0.1, -0.05) is 0 Å². The van der Waals surface area contributed by atoms with Crippen molar-refractivity contribution in [3.63, 3.8) is 0 Å². The van der Waals surface area contributed by atoms with Crippen LogP contribution in [-0.4, -0.2) is 56.2 Å². The molecule has 0 radical (unpaired) electrons. The SMILES string of the molecule is CCNC(=NCc1sc(C)nc1C)NCCN1CCc2cc(OC)c(OC)cc2C1. The Hall–Kier alpha value is -2.32. The van der Waals surface area contributed by atoms with E-state index in [2.05, 4.69) is 39.6 Å². The molecule has 0 unspecified atom stereocenters. The number of thiazole rings is 1. The Morgan fingerprint density at radius 1 is 1.17 bits per heavy atom. The average molecular weight is 432 g/mol. The second-order valence-corrected chi connectivity index (χ2v) is 8.65. The lowest BCUT2D eigenvalue weighted by atomic mass is 9.99. The van der Waals surface area contributed by atoms with E-state index in [-0.39, 0.29) is 0 Å². The summed E-state index contributed by atoms with van der Waals surface area (Å²) in [5.74, 6) is 2.46. The summed E-state index contributed by atoms with van der Waals surface area (Å²) in [6, 6.07) is 4.22. The van der Waals surface area contributed by atoms with E-state index in [1.165, 1.54) is 16.0 Å². The Morgan fingerprint density at radius 2 is 1.90 bits per heavy atom. The van der Waals surface area contributed by atoms with Crippen LogP contribution in [0.25, 0.3) is 0 Å². The Morgan fingerprint density at radius 3 is 2.53 bits per heavy atom. The molecule has 0 atom stereocenters. The number of hydrogen-bond acceptors (Lipinski definition) is 6. The number of fused-ring (bicyclic) bond motifs is 1. The summed E-state index contributed by atoms with van der Waals surface area (Å²) in [5, 5.41) is 7.89. The predicted molar refractivity (Wildman–Crippen MR) is 123 cm³/mol. The first kappa shape index (κ1) is 22.4. The molecule has 30 heavy (non-hydrogen) atoms. The summed E-state index contributed by atoms with van der Waals surface area (Å²) in [6.07, 6.45) is 1.02. The van der Waals surface area contributed by atoms with Gasteiger partial charge in [-0.05, 0) is 50.5 Å². The van der Waals surface area contributed by atoms with Crippen molar-refractivity contribution in [1.82, 2.24) is 20.5 Å². The van der Waals surface area contributed by atoms with Crippen molar-refractivity contribution in [3.05, 3.63) is 38.8 Å². The van der Waals surface area contributed by atoms with E-state index in [0.29, 0.717) is 6.54 Å². The standard InChI is InChI=1S/C22H33N5O2S/c1-6-23-22(25-13-21-15(2)26-16(3)30-21)24-8-10-27-9-7-17-11-19(28-4)20(29-5)12-18(17)14-27/h11-12H,6-10,13-14H2,1-5H3,(H2,23,24,25). The Labute approximate surface area is 183 Å². The summed E-state index contributed by atoms with van der Waals surface area (Å²) < 4.78 is 10.9. The minimum absolute atomic E-state index is 0.658. The fourth-order valence-electron chi connectivity index (χ4n) is 3.68. The molecular formula is C22H33N5O2S. The van der Waals surface area contributed by atoms with E-state index in [9.17, 15) is 0 Å². The number of benzene rings is 1. The Kier molecular flexibility index (Phi) is 7.93. The highest BCUT2D eigenvalue weighted by molar-refractivity contribution is 7.11. The highest BCUT2D eigenvalue weighted by Gasteiger charge is 2.19. The number of aryl methyl sites for hydroxylation is 2. The number of ether oxygens (including phenoxy) is 2. The number of nitrogens with zero attached hydrogens (tertiary/aromatic N) is 3. The van der Waals surface area contributed by atoms with Crippen LogP contribution < -0.4 is 20.1 Å². The molecule has 8 heteroatoms. The maximum absolute atomic E-state index is 5.47. The number of hydrogen-bond donors (Lipinski definition) is 2. The van der Waals surface area contributed by atoms with Gasteiger partial charge in [-0.2, -0.15) is 0 Å². The van der Waals surface area contributed by atoms with E-state index < -0.39 is 0 Å². The second-order valence-electron chi connectivity index (χ2n) is 7.37. The molecule has 1 aliphatic rings. The lowest BCUT2D eigenvalue weighted by molar-refractivity contribution is 0.256. The topological polar surface area (TPSA) is 71.0 Å². The van der Waals surface area contributed by atoms with Gasteiger partial charge in [0, 0.05) is 37.6 Å². The fraction of sp³-hybridized carbons (Fsp3) is 0.545. The van der Waals surface area contributed by atoms with E-state index in [0.717, 1.165) is 67.3 Å². The lowest BCUT2D eigenvalue weighted by Gasteiger charge is -2.29. The van der Waals surface area contributed by atoms with Crippen LogP contribution in [0.5, 0.6) is 11.5 Å². The van der Waals surface area contributed by atoms with Gasteiger partial charge in [-0.3, -0.25) is 4.90 Å². The third-order valence-corrected chi connectivity index (χ3v) is 6.30. The van der Waals surface area contributed by atoms with Crippen LogP contribution in [-0.2, 0) is 19.5 Å². The van der Waals surface area contributed by atoms with Crippen molar-refractivity contribution in [2.45, 2.75) is 40.3 Å². The third kappa shape index (κ3) is 5.64. The Balaban J connectivity index is 1.54. The first-order valence-corrected chi connectivity index (χ1v) is 11.3. The van der Waals surface area contributed by atoms with Crippen LogP contribution in [0.4, 0.5) is 0 Å². The quantitative estimate of drug-likeness (QED) is 0.495. The molecule has 1 aromatic heterocycles. The van der Waals surface area contributed by atoms with Gasteiger partial charge in [0.05, 0.1) is 31.5 Å². The van der Waals surface area contributed by atoms with Crippen molar-refractivity contribution in [1.29, 1.82) is 0 Å². The maximum Gasteiger partial charge on any atom is 0.191 e. The number of rotatable bonds is 8. The molecule has 0 bridgehead atoms. The molecule has 1 aliphatic heterocycles. The molecule has 1 aromatic carbocycles. The van der Waals surface area contributed by atoms with Crippen molar-refractivity contribution in [2.75, 3.05) is 40.4 Å². The number of aromatic nitrogens is 1. The average Bonchev–Trinajstić information content (AvgIpc) is 3.07. The highest BCUT2D eigenvalue weighted by Crippen LogP contribution is 2.33. The number of aliphatic imine (C=N–C) groups is 1. The summed E-state index contributed by atoms with van der Waals surface area (Å²) in [7, 11) is 3.37. The first-order chi connectivity index (χ1) is 14.5. The monoisotopic (exact) mass is 431 g/mol. The molecule has 0 fully saturated rings. The van der Waals surface area contributed by atoms with Crippen LogP contribution in [0.2, 0.25) is 0 Å². The van der Waals surface area contributed by atoms with E-state index in [1.54, 1.807) is 25.6 Å². The minimum Gasteiger partial charge on any atom is -0.493 e. The predicted octanol–water partition coefficient (Wildman–Crippen LogP) is 2.89. The van der Waals surface area contributed by atoms with Crippen LogP contribution in [0.15, 0.2) is 17.1 Å². The van der Waals surface area contributed by atoms with Crippen molar-refractivity contribution in [3.8, 4) is 11.5 Å². The fourth-order valence-corrected chi connectivity index (χ4v) is 4.54. The van der Waals surface area contributed by atoms with Gasteiger partial charge in [0.25, 0.3) is 0 Å². The number of nitrogens with one attached hydrogen (secondary N) is 2. The van der Waals surface area contributed by atoms with Crippen LogP contribution in [0.3, 0.4) is 0 Å². The van der Waals surface area contributed by atoms with Crippen molar-refractivity contribution < 1.29 is 9.47 Å². The maximum atomic E-state index is 5.47. The summed E-state index contributed by atoms with van der Waals surface area (Å²) >= 11 is 1.72. The van der Waals surface area contributed by atoms with Gasteiger partial charge < -0.3 is 20.1 Å². The summed E-state index contributed by atoms with van der Waals surface area (Å²) in [4.78, 5) is 12.9. The molecule has 2 aromatic rings. The van der Waals surface area contributed by atoms with E-state index in [1.807, 2.05) is 13.8 Å². The van der Waals surface area contributed by atoms with Gasteiger partial charge in [0.15, 0.2) is 17.5 Å². The van der Waals surface area contributed by atoms with Gasteiger partial charge in [-0.15, -0.1) is 11.3 Å². The van der Waals surface area contributed by atoms with Gasteiger partial charge >= 0.3 is 0 Å². The molecular weight excluding hydrogens is 398 g/mol. The highest BCUT2D eigenvalue weighted by atomic mass is 32.1. The zero-order valence-electron chi connectivity index (χ0n) is 18.7. The number of guanidine groups is 1. The normalized spacial score (nSPS) is 14.4. The molecule has 2 heterocycles. The van der Waals surface area contributed by atoms with Crippen molar-refractivity contribution in [2.24, 2.45) is 4.99 Å². The zero-order chi connectivity index (χ0) is 21.5. The molecule has 7 nitrogen and oxygen atoms in total. The van der Waals surface area contributed by atoms with Gasteiger partial charge in [-0.25, -0.2) is 9.98 Å². The smallest absolute Gasteiger partial charge is 0.191 e. The third-order valence-electron chi connectivity index (χ3n) is 5.24. The van der Waals surface area contributed by atoms with E-state index in [4.69, 9.17) is 14.5 Å². The minimum atomic E-state index is 0.658. The molecule has 2 N–H and O–H groups in total. The second kappa shape index (κ2) is 10.6. The number of methoxy groups -OCH3 is 2. The summed E-state index contributed by atoms with van der Waals surface area (Å²) in [6.45, 7) is 11.4. The van der Waals surface area contributed by atoms with Crippen LogP contribution >= 0.6 is 11.3 Å². The molecule has 0 aliphatic carbocycles. The first-order valence-electron chi connectivity index (χ1n) is 10.4. The molecule has 0 spiro atoms. The molecule has 0 saturated heterocycles. The zero-order valence-corrected chi connectivity index (χ0v) is 19.5. The van der Waals surface area contributed by atoms with E-state index >= 15 is 0 Å². The largest absolute Gasteiger partial charge is 0.493 e. The molecule has 0 amide bonds. The van der Waals surface area contributed by atoms with Gasteiger partial charge in [0.1, 0.15) is 0 Å². The molecule has 3 rings (SSSR count). The van der Waals surface area contributed by atoms with Crippen LogP contribution in [0.1, 0.15) is 33.6 Å². The van der Waals surface area contributed by atoms with Gasteiger partial charge in [0.2, 0.25) is 0 Å². The van der Waals surface area contributed by atoms with Crippen molar-refractivity contribution >= 4 is 17.3 Å². The van der Waals surface area contributed by atoms with Crippen LogP contribution in [0, 0.1) is 13.8 Å².